The van der Waals surface area contributed by atoms with Gasteiger partial charge in [0.15, 0.2) is 0 Å². The van der Waals surface area contributed by atoms with E-state index in [1.165, 1.54) is 0 Å². The summed E-state index contributed by atoms with van der Waals surface area (Å²) in [6.07, 6.45) is 1.59. The molecule has 0 bridgehead atoms. The second kappa shape index (κ2) is 8.70. The van der Waals surface area contributed by atoms with Crippen LogP contribution in [0.3, 0.4) is 0 Å². The molecule has 0 fully saturated rings. The van der Waals surface area contributed by atoms with Gasteiger partial charge in [0.2, 0.25) is 0 Å². The number of ether oxygens (including phenoxy) is 1. The monoisotopic (exact) mass is 311 g/mol. The minimum atomic E-state index is -0.174. The first-order valence-electron chi connectivity index (χ1n) is 7.52. The lowest BCUT2D eigenvalue weighted by Gasteiger charge is -2.06. The third-order valence-electron chi connectivity index (χ3n) is 2.91. The molecule has 2 aromatic carbocycles. The molecule has 0 aliphatic heterocycles. The Morgan fingerprint density at radius 3 is 2.61 bits per heavy atom. The summed E-state index contributed by atoms with van der Waals surface area (Å²) in [4.78, 5) is 11.5. The molecule has 0 aliphatic carbocycles. The van der Waals surface area contributed by atoms with Crippen molar-refractivity contribution < 1.29 is 9.53 Å². The van der Waals surface area contributed by atoms with Crippen LogP contribution in [0.1, 0.15) is 19.4 Å². The highest BCUT2D eigenvalue weighted by Gasteiger charge is 2.00. The van der Waals surface area contributed by atoms with Gasteiger partial charge in [0, 0.05) is 6.04 Å². The van der Waals surface area contributed by atoms with Crippen molar-refractivity contribution in [2.24, 2.45) is 5.10 Å². The molecule has 23 heavy (non-hydrogen) atoms. The predicted molar refractivity (Wildman–Crippen MR) is 91.8 cm³/mol. The summed E-state index contributed by atoms with van der Waals surface area (Å²) in [5.41, 5.74) is 3.33. The van der Waals surface area contributed by atoms with Gasteiger partial charge in [-0.15, -0.1) is 0 Å². The zero-order chi connectivity index (χ0) is 16.5. The van der Waals surface area contributed by atoms with E-state index in [1.54, 1.807) is 6.21 Å². The number of nitrogens with zero attached hydrogens (tertiary/aromatic N) is 1. The normalized spacial score (nSPS) is 10.9. The van der Waals surface area contributed by atoms with E-state index in [9.17, 15) is 4.79 Å². The number of hydrogen-bond acceptors (Lipinski definition) is 4. The lowest BCUT2D eigenvalue weighted by molar-refractivity contribution is -0.120. The minimum absolute atomic E-state index is 0.174. The highest BCUT2D eigenvalue weighted by atomic mass is 16.5. The molecular formula is C18H21N3O2. The Morgan fingerprint density at radius 2 is 1.87 bits per heavy atom. The summed E-state index contributed by atoms with van der Waals surface area (Å²) in [5, 5.41) is 6.97. The van der Waals surface area contributed by atoms with E-state index in [4.69, 9.17) is 4.74 Å². The molecule has 0 aromatic heterocycles. The molecule has 0 saturated heterocycles. The van der Waals surface area contributed by atoms with Crippen LogP contribution in [0, 0.1) is 0 Å². The van der Waals surface area contributed by atoms with Crippen molar-refractivity contribution in [2.45, 2.75) is 19.9 Å². The smallest absolute Gasteiger partial charge is 0.254 e. The molecule has 120 valence electrons. The van der Waals surface area contributed by atoms with Gasteiger partial charge < -0.3 is 10.1 Å². The minimum Gasteiger partial charge on any atom is -0.457 e. The maximum Gasteiger partial charge on any atom is 0.254 e. The molecule has 2 aromatic rings. The first kappa shape index (κ1) is 16.7. The number of amides is 1. The Kier molecular flexibility index (Phi) is 6.32. The second-order valence-electron chi connectivity index (χ2n) is 5.32. The average Bonchev–Trinajstić information content (AvgIpc) is 2.54. The van der Waals surface area contributed by atoms with Gasteiger partial charge in [-0.2, -0.15) is 5.10 Å². The van der Waals surface area contributed by atoms with E-state index in [0.29, 0.717) is 5.75 Å². The average molecular weight is 311 g/mol. The number of nitrogens with one attached hydrogen (secondary N) is 2. The SMILES string of the molecule is CC(C)NCC(=O)N/N=C\c1cccc(Oc2ccccc2)c1. The molecule has 1 amide bonds. The molecule has 5 heteroatoms. The summed E-state index contributed by atoms with van der Waals surface area (Å²) < 4.78 is 5.75. The maximum atomic E-state index is 11.5. The van der Waals surface area contributed by atoms with E-state index >= 15 is 0 Å². The van der Waals surface area contributed by atoms with Gasteiger partial charge in [-0.3, -0.25) is 4.79 Å². The Morgan fingerprint density at radius 1 is 1.13 bits per heavy atom. The van der Waals surface area contributed by atoms with Crippen LogP contribution in [0.15, 0.2) is 59.7 Å². The number of hydrogen-bond donors (Lipinski definition) is 2. The molecule has 2 N–H and O–H groups in total. The number of rotatable bonds is 7. The zero-order valence-electron chi connectivity index (χ0n) is 13.3. The fraction of sp³-hybridized carbons (Fsp3) is 0.222. The van der Waals surface area contributed by atoms with Gasteiger partial charge in [0.25, 0.3) is 5.91 Å². The van der Waals surface area contributed by atoms with Crippen molar-refractivity contribution in [3.8, 4) is 11.5 Å². The van der Waals surface area contributed by atoms with Crippen LogP contribution in [-0.2, 0) is 4.79 Å². The van der Waals surface area contributed by atoms with Crippen molar-refractivity contribution in [1.82, 2.24) is 10.7 Å². The number of carbonyl (C=O) groups is 1. The molecule has 5 nitrogen and oxygen atoms in total. The Balaban J connectivity index is 1.89. The van der Waals surface area contributed by atoms with E-state index in [2.05, 4.69) is 15.8 Å². The topological polar surface area (TPSA) is 62.7 Å². The number of para-hydroxylation sites is 1. The van der Waals surface area contributed by atoms with E-state index in [0.717, 1.165) is 11.3 Å². The van der Waals surface area contributed by atoms with Crippen LogP contribution in [0.25, 0.3) is 0 Å². The van der Waals surface area contributed by atoms with Gasteiger partial charge >= 0.3 is 0 Å². The van der Waals surface area contributed by atoms with E-state index in [1.807, 2.05) is 68.4 Å². The lowest BCUT2D eigenvalue weighted by Crippen LogP contribution is -2.34. The van der Waals surface area contributed by atoms with Gasteiger partial charge in [-0.25, -0.2) is 5.43 Å². The Labute approximate surface area is 136 Å². The van der Waals surface area contributed by atoms with Crippen LogP contribution < -0.4 is 15.5 Å². The third kappa shape index (κ3) is 6.32. The molecule has 2 rings (SSSR count). The Hall–Kier alpha value is -2.66. The fourth-order valence-electron chi connectivity index (χ4n) is 1.80. The molecule has 0 atom stereocenters. The van der Waals surface area contributed by atoms with Crippen LogP contribution in [0.5, 0.6) is 11.5 Å². The first-order chi connectivity index (χ1) is 11.1. The van der Waals surface area contributed by atoms with E-state index in [-0.39, 0.29) is 18.5 Å². The van der Waals surface area contributed by atoms with E-state index < -0.39 is 0 Å². The highest BCUT2D eigenvalue weighted by molar-refractivity contribution is 5.83. The van der Waals surface area contributed by atoms with Crippen molar-refractivity contribution in [3.05, 3.63) is 60.2 Å². The maximum absolute atomic E-state index is 11.5. The fourth-order valence-corrected chi connectivity index (χ4v) is 1.80. The van der Waals surface area contributed by atoms with Crippen LogP contribution in [0.2, 0.25) is 0 Å². The standard InChI is InChI=1S/C18H21N3O2/c1-14(2)19-13-18(22)21-20-12-15-7-6-10-17(11-15)23-16-8-4-3-5-9-16/h3-12,14,19H,13H2,1-2H3,(H,21,22)/b20-12-. The summed E-state index contributed by atoms with van der Waals surface area (Å²) in [6, 6.07) is 17.3. The Bertz CT molecular complexity index is 654. The molecule has 0 radical (unpaired) electrons. The molecular weight excluding hydrogens is 290 g/mol. The molecule has 0 spiro atoms. The third-order valence-corrected chi connectivity index (χ3v) is 2.91. The van der Waals surface area contributed by atoms with Crippen LogP contribution in [-0.4, -0.2) is 24.7 Å². The first-order valence-corrected chi connectivity index (χ1v) is 7.52. The van der Waals surface area contributed by atoms with Crippen molar-refractivity contribution in [2.75, 3.05) is 6.54 Å². The van der Waals surface area contributed by atoms with Gasteiger partial charge in [0.05, 0.1) is 12.8 Å². The summed E-state index contributed by atoms with van der Waals surface area (Å²) >= 11 is 0. The molecule has 0 aliphatic rings. The van der Waals surface area contributed by atoms with Crippen LogP contribution >= 0.6 is 0 Å². The quantitative estimate of drug-likeness (QED) is 0.610. The van der Waals surface area contributed by atoms with Gasteiger partial charge in [0.1, 0.15) is 11.5 Å². The predicted octanol–water partition coefficient (Wildman–Crippen LogP) is 2.93. The van der Waals surface area contributed by atoms with Gasteiger partial charge in [-0.1, -0.05) is 44.2 Å². The van der Waals surface area contributed by atoms with Crippen molar-refractivity contribution >= 4 is 12.1 Å². The van der Waals surface area contributed by atoms with Crippen molar-refractivity contribution in [1.29, 1.82) is 0 Å². The molecule has 0 unspecified atom stereocenters. The lowest BCUT2D eigenvalue weighted by atomic mass is 10.2. The van der Waals surface area contributed by atoms with Crippen LogP contribution in [0.4, 0.5) is 0 Å². The number of carbonyl (C=O) groups excluding carboxylic acids is 1. The van der Waals surface area contributed by atoms with Crippen molar-refractivity contribution in [3.63, 3.8) is 0 Å². The molecule has 0 saturated carbocycles. The second-order valence-corrected chi connectivity index (χ2v) is 5.32. The number of hydrazone groups is 1. The largest absolute Gasteiger partial charge is 0.457 e. The highest BCUT2D eigenvalue weighted by Crippen LogP contribution is 2.21. The summed E-state index contributed by atoms with van der Waals surface area (Å²) in [7, 11) is 0. The number of benzene rings is 2. The van der Waals surface area contributed by atoms with Gasteiger partial charge in [-0.05, 0) is 29.8 Å². The zero-order valence-corrected chi connectivity index (χ0v) is 13.3. The molecule has 0 heterocycles. The summed E-state index contributed by atoms with van der Waals surface area (Å²) in [5.74, 6) is 1.31. The summed E-state index contributed by atoms with van der Waals surface area (Å²) in [6.45, 7) is 4.20.